The first-order valence-electron chi connectivity index (χ1n) is 8.00. The number of nitro groups is 1. The van der Waals surface area contributed by atoms with Gasteiger partial charge in [0.2, 0.25) is 5.91 Å². The van der Waals surface area contributed by atoms with Gasteiger partial charge in [0.15, 0.2) is 0 Å². The van der Waals surface area contributed by atoms with Crippen molar-refractivity contribution in [2.24, 2.45) is 5.10 Å². The molecule has 2 aromatic carbocycles. The normalized spacial score (nSPS) is 16.4. The van der Waals surface area contributed by atoms with Crippen molar-refractivity contribution in [3.05, 3.63) is 72.2 Å². The maximum absolute atomic E-state index is 12.1. The van der Waals surface area contributed by atoms with Crippen molar-refractivity contribution in [2.75, 3.05) is 0 Å². The highest BCUT2D eigenvalue weighted by Crippen LogP contribution is 2.33. The molecule has 3 rings (SSSR count). The molecule has 1 heterocycles. The van der Waals surface area contributed by atoms with Gasteiger partial charge in [-0.15, -0.1) is 0 Å². The highest BCUT2D eigenvalue weighted by Gasteiger charge is 2.27. The van der Waals surface area contributed by atoms with Crippen LogP contribution in [0.25, 0.3) is 0 Å². The molecular formula is C18H14Cl3N3O3. The van der Waals surface area contributed by atoms with Crippen LogP contribution in [-0.4, -0.2) is 27.6 Å². The first-order chi connectivity index (χ1) is 12.7. The Morgan fingerprint density at radius 3 is 2.44 bits per heavy atom. The van der Waals surface area contributed by atoms with Crippen LogP contribution in [0.1, 0.15) is 30.5 Å². The third-order valence-electron chi connectivity index (χ3n) is 4.28. The molecule has 27 heavy (non-hydrogen) atoms. The molecule has 0 aliphatic carbocycles. The third-order valence-corrected chi connectivity index (χ3v) is 5.31. The Morgan fingerprint density at radius 1 is 1.19 bits per heavy atom. The molecule has 0 radical (unpaired) electrons. The molecule has 1 atom stereocenters. The van der Waals surface area contributed by atoms with Crippen LogP contribution in [0.5, 0.6) is 0 Å². The van der Waals surface area contributed by atoms with Gasteiger partial charge >= 0.3 is 0 Å². The number of nitro benzene ring substituents is 1. The number of carbonyl (C=O) groups is 1. The van der Waals surface area contributed by atoms with E-state index in [9.17, 15) is 14.9 Å². The molecule has 2 aromatic rings. The highest BCUT2D eigenvalue weighted by atomic mass is 35.5. The van der Waals surface area contributed by atoms with Crippen LogP contribution in [0.3, 0.4) is 0 Å². The second-order valence-electron chi connectivity index (χ2n) is 6.21. The van der Waals surface area contributed by atoms with Gasteiger partial charge in [0, 0.05) is 24.1 Å². The van der Waals surface area contributed by atoms with Gasteiger partial charge in [0.05, 0.1) is 26.7 Å². The summed E-state index contributed by atoms with van der Waals surface area (Å²) in [7, 11) is 0. The van der Waals surface area contributed by atoms with Gasteiger partial charge in [-0.3, -0.25) is 14.9 Å². The Morgan fingerprint density at radius 2 is 1.85 bits per heavy atom. The predicted molar refractivity (Wildman–Crippen MR) is 106 cm³/mol. The van der Waals surface area contributed by atoms with Crippen LogP contribution in [0.15, 0.2) is 35.4 Å². The molecule has 1 aliphatic rings. The van der Waals surface area contributed by atoms with Crippen molar-refractivity contribution in [1.29, 1.82) is 0 Å². The number of halogens is 3. The van der Waals surface area contributed by atoms with E-state index in [-0.39, 0.29) is 22.7 Å². The van der Waals surface area contributed by atoms with Crippen molar-refractivity contribution in [3.8, 4) is 0 Å². The number of hydrazone groups is 1. The van der Waals surface area contributed by atoms with Crippen molar-refractivity contribution < 1.29 is 9.72 Å². The summed E-state index contributed by atoms with van der Waals surface area (Å²) in [5.41, 5.74) is 2.34. The minimum atomic E-state index is -0.560. The topological polar surface area (TPSA) is 75.8 Å². The van der Waals surface area contributed by atoms with E-state index in [1.165, 1.54) is 24.1 Å². The number of carbonyl (C=O) groups excluding carboxylic acids is 1. The molecule has 0 saturated heterocycles. The Bertz CT molecular complexity index is 991. The molecule has 6 nitrogen and oxygen atoms in total. The largest absolute Gasteiger partial charge is 0.287 e. The van der Waals surface area contributed by atoms with Gasteiger partial charge in [-0.05, 0) is 43.2 Å². The van der Waals surface area contributed by atoms with Crippen LogP contribution in [0.4, 0.5) is 5.69 Å². The molecular weight excluding hydrogens is 413 g/mol. The molecule has 0 saturated carbocycles. The van der Waals surface area contributed by atoms with Crippen LogP contribution in [0.2, 0.25) is 15.1 Å². The second-order valence-corrected chi connectivity index (χ2v) is 7.43. The summed E-state index contributed by atoms with van der Waals surface area (Å²) in [4.78, 5) is 22.6. The third kappa shape index (κ3) is 3.78. The van der Waals surface area contributed by atoms with Crippen molar-refractivity contribution in [1.82, 2.24) is 5.01 Å². The van der Waals surface area contributed by atoms with E-state index in [1.807, 2.05) is 6.92 Å². The van der Waals surface area contributed by atoms with Crippen LogP contribution in [-0.2, 0) is 11.2 Å². The van der Waals surface area contributed by atoms with Crippen LogP contribution in [0, 0.1) is 10.1 Å². The number of nitrogens with zero attached hydrogens (tertiary/aromatic N) is 3. The van der Waals surface area contributed by atoms with E-state index in [0.29, 0.717) is 33.3 Å². The van der Waals surface area contributed by atoms with Gasteiger partial charge in [0.1, 0.15) is 5.02 Å². The molecule has 0 aromatic heterocycles. The average molecular weight is 427 g/mol. The lowest BCUT2D eigenvalue weighted by Crippen LogP contribution is -2.33. The van der Waals surface area contributed by atoms with Gasteiger partial charge in [-0.1, -0.05) is 34.8 Å². The van der Waals surface area contributed by atoms with Crippen molar-refractivity contribution in [3.63, 3.8) is 0 Å². The fourth-order valence-electron chi connectivity index (χ4n) is 3.04. The maximum atomic E-state index is 12.1. The van der Waals surface area contributed by atoms with Crippen molar-refractivity contribution in [2.45, 2.75) is 26.3 Å². The number of fused-ring (bicyclic) bond motifs is 1. The summed E-state index contributed by atoms with van der Waals surface area (Å²) < 4.78 is 0. The number of hydrogen-bond acceptors (Lipinski definition) is 4. The Balaban J connectivity index is 2.25. The van der Waals surface area contributed by atoms with E-state index in [1.54, 1.807) is 18.2 Å². The quantitative estimate of drug-likeness (QED) is 0.495. The summed E-state index contributed by atoms with van der Waals surface area (Å²) in [6.07, 6.45) is 0.527. The highest BCUT2D eigenvalue weighted by molar-refractivity contribution is 6.42. The van der Waals surface area contributed by atoms with Gasteiger partial charge in [-0.25, -0.2) is 5.01 Å². The lowest BCUT2D eigenvalue weighted by atomic mass is 9.94. The number of amides is 1. The van der Waals surface area contributed by atoms with Crippen LogP contribution >= 0.6 is 34.8 Å². The predicted octanol–water partition coefficient (Wildman–Crippen LogP) is 5.10. The van der Waals surface area contributed by atoms with E-state index >= 15 is 0 Å². The van der Waals surface area contributed by atoms with E-state index in [2.05, 4.69) is 5.10 Å². The van der Waals surface area contributed by atoms with E-state index in [4.69, 9.17) is 34.8 Å². The minimum Gasteiger partial charge on any atom is -0.273 e. The van der Waals surface area contributed by atoms with Crippen LogP contribution < -0.4 is 0 Å². The SMILES string of the molecule is CC(=O)N1N=C(c2ccc([N+](=O)[O-])c(Cl)c2)c2cc(Cl)c(Cl)cc2CC1C. The summed E-state index contributed by atoms with van der Waals surface area (Å²) in [5, 5.41) is 17.7. The molecule has 140 valence electrons. The monoisotopic (exact) mass is 425 g/mol. The first kappa shape index (κ1) is 19.6. The van der Waals surface area contributed by atoms with Gasteiger partial charge < -0.3 is 0 Å². The zero-order chi connectivity index (χ0) is 19.9. The molecule has 1 amide bonds. The zero-order valence-electron chi connectivity index (χ0n) is 14.4. The Kier molecular flexibility index (Phi) is 5.42. The smallest absolute Gasteiger partial charge is 0.273 e. The zero-order valence-corrected chi connectivity index (χ0v) is 16.6. The fourth-order valence-corrected chi connectivity index (χ4v) is 3.64. The number of benzene rings is 2. The lowest BCUT2D eigenvalue weighted by molar-refractivity contribution is -0.384. The Labute approximate surface area is 170 Å². The fraction of sp³-hybridized carbons (Fsp3) is 0.222. The molecule has 9 heteroatoms. The van der Waals surface area contributed by atoms with Gasteiger partial charge in [0.25, 0.3) is 5.69 Å². The summed E-state index contributed by atoms with van der Waals surface area (Å²) in [5.74, 6) is -0.224. The Hall–Kier alpha value is -2.15. The standard InChI is InChI=1S/C18H14Cl3N3O3/c1-9-5-12-7-14(19)15(20)8-13(12)18(22-23(9)10(2)25)11-3-4-17(24(26)27)16(21)6-11/h3-4,6-9H,5H2,1-2H3. The molecule has 0 bridgehead atoms. The molecule has 0 spiro atoms. The summed E-state index contributed by atoms with van der Waals surface area (Å²) >= 11 is 18.4. The minimum absolute atomic E-state index is 0.0199. The summed E-state index contributed by atoms with van der Waals surface area (Å²) in [6.45, 7) is 3.30. The lowest BCUT2D eigenvalue weighted by Gasteiger charge is -2.21. The average Bonchev–Trinajstić information content (AvgIpc) is 2.71. The van der Waals surface area contributed by atoms with Gasteiger partial charge in [-0.2, -0.15) is 5.10 Å². The number of rotatable bonds is 2. The maximum Gasteiger partial charge on any atom is 0.287 e. The number of hydrogen-bond donors (Lipinski definition) is 0. The van der Waals surface area contributed by atoms with Crippen molar-refractivity contribution >= 4 is 52.1 Å². The molecule has 0 fully saturated rings. The molecule has 1 unspecified atom stereocenters. The molecule has 1 aliphatic heterocycles. The first-order valence-corrected chi connectivity index (χ1v) is 9.13. The second kappa shape index (κ2) is 7.46. The van der Waals surface area contributed by atoms with E-state index < -0.39 is 4.92 Å². The van der Waals surface area contributed by atoms with E-state index in [0.717, 1.165) is 5.56 Å². The summed E-state index contributed by atoms with van der Waals surface area (Å²) in [6, 6.07) is 7.54. The molecule has 0 N–H and O–H groups in total.